The van der Waals surface area contributed by atoms with Gasteiger partial charge in [0.05, 0.1) is 21.3 Å². The molecule has 2 saturated heterocycles. The van der Waals surface area contributed by atoms with Gasteiger partial charge in [0.1, 0.15) is 0 Å². The summed E-state index contributed by atoms with van der Waals surface area (Å²) in [5.41, 5.74) is 3.10. The van der Waals surface area contributed by atoms with Crippen LogP contribution < -0.4 is 4.90 Å². The van der Waals surface area contributed by atoms with Gasteiger partial charge in [-0.3, -0.25) is 4.90 Å². The quantitative estimate of drug-likeness (QED) is 0.756. The molecule has 0 saturated carbocycles. The van der Waals surface area contributed by atoms with Crippen LogP contribution in [0.25, 0.3) is 0 Å². The molecule has 0 radical (unpaired) electrons. The van der Waals surface area contributed by atoms with Gasteiger partial charge in [0.2, 0.25) is 0 Å². The van der Waals surface area contributed by atoms with Crippen molar-refractivity contribution in [2.24, 2.45) is 0 Å². The average Bonchev–Trinajstić information content (AvgIpc) is 2.58. The summed E-state index contributed by atoms with van der Waals surface area (Å²) < 4.78 is 0. The van der Waals surface area contributed by atoms with Gasteiger partial charge in [-0.1, -0.05) is 67.4 Å². The summed E-state index contributed by atoms with van der Waals surface area (Å²) in [6, 6.07) is 14.5. The second-order valence-corrected chi connectivity index (χ2v) is 8.37. The monoisotopic (exact) mass is 406 g/mol. The number of β-amino-alcohol motifs (C(OH)–C–C–N with tert-alkyl or cyclic N) is 1. The van der Waals surface area contributed by atoms with E-state index in [1.165, 1.54) is 11.1 Å². The zero-order valence-corrected chi connectivity index (χ0v) is 17.8. The van der Waals surface area contributed by atoms with Crippen LogP contribution in [0.3, 0.4) is 0 Å². The predicted molar refractivity (Wildman–Crippen MR) is 115 cm³/mol. The lowest BCUT2D eigenvalue weighted by atomic mass is 9.90. The minimum Gasteiger partial charge on any atom is -0.388 e. The molecule has 2 aliphatic heterocycles. The van der Waals surface area contributed by atoms with Gasteiger partial charge in [-0.05, 0) is 30.2 Å². The summed E-state index contributed by atoms with van der Waals surface area (Å²) in [5.74, 6) is 0.520. The molecule has 1 N–H and O–H groups in total. The standard InChI is InChI=1S/C20H22Cl2N2O.C2H6/c1-20(25)12-23(13-20)9-14-5-7-15(8-6-14)16-10-24(11-16)19-17(21)3-2-4-18(19)22;1-2/h2-8,16,25H,9-13H2,1H3;1-2H3. The van der Waals surface area contributed by atoms with Gasteiger partial charge < -0.3 is 10.0 Å². The van der Waals surface area contributed by atoms with E-state index in [-0.39, 0.29) is 0 Å². The predicted octanol–water partition coefficient (Wildman–Crippen LogP) is 5.19. The largest absolute Gasteiger partial charge is 0.388 e. The van der Waals surface area contributed by atoms with E-state index in [1.54, 1.807) is 0 Å². The third-order valence-corrected chi connectivity index (χ3v) is 5.73. The molecule has 5 heteroatoms. The van der Waals surface area contributed by atoms with Crippen molar-refractivity contribution in [1.82, 2.24) is 4.90 Å². The van der Waals surface area contributed by atoms with Crippen LogP contribution in [0, 0.1) is 0 Å². The first-order chi connectivity index (χ1) is 12.9. The maximum atomic E-state index is 9.81. The SMILES string of the molecule is CC.CC1(O)CN(Cc2ccc(C3CN(c4c(Cl)cccc4Cl)C3)cc2)C1. The summed E-state index contributed by atoms with van der Waals surface area (Å²) in [5, 5.41) is 11.2. The molecule has 0 spiro atoms. The van der Waals surface area contributed by atoms with E-state index >= 15 is 0 Å². The summed E-state index contributed by atoms with van der Waals surface area (Å²) in [4.78, 5) is 4.50. The molecule has 4 rings (SSSR count). The van der Waals surface area contributed by atoms with Crippen molar-refractivity contribution in [3.05, 3.63) is 63.6 Å². The molecule has 0 aromatic heterocycles. The summed E-state index contributed by atoms with van der Waals surface area (Å²) in [6.45, 7) is 10.2. The minimum absolute atomic E-state index is 0.505. The van der Waals surface area contributed by atoms with Crippen molar-refractivity contribution in [3.8, 4) is 0 Å². The van der Waals surface area contributed by atoms with Gasteiger partial charge in [-0.15, -0.1) is 0 Å². The van der Waals surface area contributed by atoms with Crippen molar-refractivity contribution >= 4 is 28.9 Å². The van der Waals surface area contributed by atoms with Gasteiger partial charge in [-0.2, -0.15) is 0 Å². The average molecular weight is 407 g/mol. The number of nitrogens with zero attached hydrogens (tertiary/aromatic N) is 2. The lowest BCUT2D eigenvalue weighted by Crippen LogP contribution is -2.59. The molecule has 27 heavy (non-hydrogen) atoms. The van der Waals surface area contributed by atoms with Crippen LogP contribution in [-0.2, 0) is 6.54 Å². The number of anilines is 1. The molecule has 0 bridgehead atoms. The van der Waals surface area contributed by atoms with Crippen LogP contribution in [0.2, 0.25) is 10.0 Å². The molecule has 3 nitrogen and oxygen atoms in total. The highest BCUT2D eigenvalue weighted by Gasteiger charge is 2.36. The Labute approximate surface area is 172 Å². The molecule has 0 aliphatic carbocycles. The normalized spacial score (nSPS) is 19.0. The highest BCUT2D eigenvalue weighted by molar-refractivity contribution is 6.39. The first kappa shape index (κ1) is 20.5. The van der Waals surface area contributed by atoms with Crippen molar-refractivity contribution in [1.29, 1.82) is 0 Å². The maximum absolute atomic E-state index is 9.81. The highest BCUT2D eigenvalue weighted by atomic mass is 35.5. The van der Waals surface area contributed by atoms with Crippen LogP contribution in [0.5, 0.6) is 0 Å². The highest BCUT2D eigenvalue weighted by Crippen LogP contribution is 2.40. The molecular weight excluding hydrogens is 379 g/mol. The number of para-hydroxylation sites is 1. The van der Waals surface area contributed by atoms with E-state index in [0.717, 1.165) is 38.4 Å². The van der Waals surface area contributed by atoms with Crippen LogP contribution in [0.15, 0.2) is 42.5 Å². The molecule has 0 unspecified atom stereocenters. The molecule has 2 heterocycles. The van der Waals surface area contributed by atoms with Crippen molar-refractivity contribution < 1.29 is 5.11 Å². The third-order valence-electron chi connectivity index (χ3n) is 5.12. The number of hydrogen-bond acceptors (Lipinski definition) is 3. The molecule has 0 atom stereocenters. The van der Waals surface area contributed by atoms with Gasteiger partial charge in [0, 0.05) is 38.6 Å². The summed E-state index contributed by atoms with van der Waals surface area (Å²) in [6.07, 6.45) is 0. The van der Waals surface area contributed by atoms with E-state index in [1.807, 2.05) is 39.0 Å². The van der Waals surface area contributed by atoms with E-state index < -0.39 is 5.60 Å². The van der Waals surface area contributed by atoms with Crippen LogP contribution in [-0.4, -0.2) is 41.8 Å². The molecule has 2 aromatic carbocycles. The molecule has 146 valence electrons. The van der Waals surface area contributed by atoms with Crippen LogP contribution in [0.4, 0.5) is 5.69 Å². The van der Waals surface area contributed by atoms with Crippen molar-refractivity contribution in [3.63, 3.8) is 0 Å². The van der Waals surface area contributed by atoms with E-state index in [9.17, 15) is 5.11 Å². The molecule has 0 amide bonds. The van der Waals surface area contributed by atoms with E-state index in [2.05, 4.69) is 34.1 Å². The molecule has 2 fully saturated rings. The Morgan fingerprint density at radius 2 is 1.56 bits per heavy atom. The van der Waals surface area contributed by atoms with Gasteiger partial charge in [0.15, 0.2) is 0 Å². The van der Waals surface area contributed by atoms with Gasteiger partial charge in [0.25, 0.3) is 0 Å². The molecular formula is C22H28Cl2N2O. The minimum atomic E-state index is -0.505. The Bertz CT molecular complexity index is 742. The Morgan fingerprint density at radius 1 is 1.00 bits per heavy atom. The fourth-order valence-electron chi connectivity index (χ4n) is 3.85. The van der Waals surface area contributed by atoms with Crippen LogP contribution in [0.1, 0.15) is 37.8 Å². The fourth-order valence-corrected chi connectivity index (χ4v) is 4.48. The third kappa shape index (κ3) is 4.60. The van der Waals surface area contributed by atoms with Gasteiger partial charge >= 0.3 is 0 Å². The molecule has 2 aliphatic rings. The molecule has 2 aromatic rings. The zero-order valence-electron chi connectivity index (χ0n) is 16.3. The van der Waals surface area contributed by atoms with Crippen molar-refractivity contribution in [2.45, 2.75) is 38.8 Å². The number of likely N-dealkylation sites (tertiary alicyclic amines) is 1. The van der Waals surface area contributed by atoms with Gasteiger partial charge in [-0.25, -0.2) is 0 Å². The Kier molecular flexibility index (Phi) is 6.37. The lowest BCUT2D eigenvalue weighted by Gasteiger charge is -2.44. The number of hydrogen-bond donors (Lipinski definition) is 1. The van der Waals surface area contributed by atoms with Crippen molar-refractivity contribution in [2.75, 3.05) is 31.1 Å². The topological polar surface area (TPSA) is 26.7 Å². The second kappa shape index (κ2) is 8.40. The Morgan fingerprint density at radius 3 is 2.07 bits per heavy atom. The first-order valence-corrected chi connectivity index (χ1v) is 10.4. The number of aliphatic hydroxyl groups is 1. The van der Waals surface area contributed by atoms with E-state index in [4.69, 9.17) is 23.2 Å². The number of halogens is 2. The summed E-state index contributed by atoms with van der Waals surface area (Å²) >= 11 is 12.6. The first-order valence-electron chi connectivity index (χ1n) is 9.64. The van der Waals surface area contributed by atoms with E-state index in [0.29, 0.717) is 16.0 Å². The smallest absolute Gasteiger partial charge is 0.0872 e. The number of rotatable bonds is 4. The zero-order chi connectivity index (χ0) is 19.6. The fraction of sp³-hybridized carbons (Fsp3) is 0.455. The Balaban J connectivity index is 0.00000102. The number of benzene rings is 2. The Hall–Kier alpha value is -1.26. The van der Waals surface area contributed by atoms with Crippen LogP contribution >= 0.6 is 23.2 Å². The summed E-state index contributed by atoms with van der Waals surface area (Å²) in [7, 11) is 0. The second-order valence-electron chi connectivity index (χ2n) is 7.56. The lowest BCUT2D eigenvalue weighted by molar-refractivity contribution is -0.0871. The maximum Gasteiger partial charge on any atom is 0.0872 e.